The Bertz CT molecular complexity index is 247. The fourth-order valence-corrected chi connectivity index (χ4v) is 2.82. The van der Waals surface area contributed by atoms with E-state index in [1.54, 1.807) is 7.05 Å². The molecular weight excluding hydrogens is 214 g/mol. The van der Waals surface area contributed by atoms with E-state index in [4.69, 9.17) is 5.73 Å². The zero-order valence-corrected chi connectivity index (χ0v) is 11.5. The first-order valence-corrected chi connectivity index (χ1v) is 6.73. The van der Waals surface area contributed by atoms with Crippen LogP contribution in [0.3, 0.4) is 0 Å². The Hall–Kier alpha value is -0.610. The Kier molecular flexibility index (Phi) is 5.40. The Balaban J connectivity index is 2.71. The average Bonchev–Trinajstić information content (AvgIpc) is 2.37. The molecule has 0 aromatic rings. The van der Waals surface area contributed by atoms with Crippen molar-refractivity contribution in [2.75, 3.05) is 26.7 Å². The van der Waals surface area contributed by atoms with Crippen molar-refractivity contribution >= 4 is 5.91 Å². The summed E-state index contributed by atoms with van der Waals surface area (Å²) >= 11 is 0. The minimum atomic E-state index is 0.0494. The summed E-state index contributed by atoms with van der Waals surface area (Å²) in [6.07, 6.45) is 4.69. The molecule has 1 fully saturated rings. The lowest BCUT2D eigenvalue weighted by Crippen LogP contribution is -2.57. The molecule has 1 amide bonds. The van der Waals surface area contributed by atoms with Crippen LogP contribution in [-0.2, 0) is 4.79 Å². The molecule has 4 heteroatoms. The molecule has 0 radical (unpaired) electrons. The standard InChI is InChI=1S/C13H27N3O/c1-4-16(9-12(17)15-3)13(10-14)7-5-11(2)6-8-13/h11H,4-10,14H2,1-3H3,(H,15,17). The van der Waals surface area contributed by atoms with E-state index < -0.39 is 0 Å². The normalized spacial score (nSPS) is 29.4. The van der Waals surface area contributed by atoms with Gasteiger partial charge in [-0.3, -0.25) is 9.69 Å². The third-order valence-corrected chi connectivity index (χ3v) is 4.25. The molecule has 4 nitrogen and oxygen atoms in total. The number of nitrogens with two attached hydrogens (primary N) is 1. The third-order valence-electron chi connectivity index (χ3n) is 4.25. The maximum Gasteiger partial charge on any atom is 0.233 e. The Morgan fingerprint density at radius 2 is 2.06 bits per heavy atom. The van der Waals surface area contributed by atoms with Gasteiger partial charge in [0.1, 0.15) is 0 Å². The summed E-state index contributed by atoms with van der Waals surface area (Å²) < 4.78 is 0. The highest BCUT2D eigenvalue weighted by Gasteiger charge is 2.38. The van der Waals surface area contributed by atoms with Crippen LogP contribution < -0.4 is 11.1 Å². The molecule has 0 unspecified atom stereocenters. The minimum absolute atomic E-state index is 0.0494. The number of nitrogens with one attached hydrogen (secondary N) is 1. The minimum Gasteiger partial charge on any atom is -0.358 e. The van der Waals surface area contributed by atoms with Gasteiger partial charge in [-0.25, -0.2) is 0 Å². The fourth-order valence-electron chi connectivity index (χ4n) is 2.82. The van der Waals surface area contributed by atoms with E-state index >= 15 is 0 Å². The number of hydrogen-bond acceptors (Lipinski definition) is 3. The van der Waals surface area contributed by atoms with Crippen LogP contribution in [0.5, 0.6) is 0 Å². The molecule has 0 atom stereocenters. The van der Waals surface area contributed by atoms with Gasteiger partial charge in [0.05, 0.1) is 6.54 Å². The van der Waals surface area contributed by atoms with Gasteiger partial charge in [0.25, 0.3) is 0 Å². The average molecular weight is 241 g/mol. The number of nitrogens with zero attached hydrogens (tertiary/aromatic N) is 1. The van der Waals surface area contributed by atoms with Crippen molar-refractivity contribution in [1.29, 1.82) is 0 Å². The molecule has 1 aliphatic carbocycles. The molecule has 0 spiro atoms. The molecule has 0 aliphatic heterocycles. The summed E-state index contributed by atoms with van der Waals surface area (Å²) in [7, 11) is 1.69. The quantitative estimate of drug-likeness (QED) is 0.754. The van der Waals surface area contributed by atoms with Crippen molar-refractivity contribution in [2.24, 2.45) is 11.7 Å². The molecule has 3 N–H and O–H groups in total. The van der Waals surface area contributed by atoms with Crippen LogP contribution >= 0.6 is 0 Å². The topological polar surface area (TPSA) is 58.4 Å². The van der Waals surface area contributed by atoms with Crippen molar-refractivity contribution in [3.63, 3.8) is 0 Å². The molecule has 17 heavy (non-hydrogen) atoms. The highest BCUT2D eigenvalue weighted by molar-refractivity contribution is 5.77. The second kappa shape index (κ2) is 6.36. The summed E-state index contributed by atoms with van der Waals surface area (Å²) in [6.45, 7) is 6.43. The highest BCUT2D eigenvalue weighted by Crippen LogP contribution is 2.35. The smallest absolute Gasteiger partial charge is 0.233 e. The molecule has 1 saturated carbocycles. The van der Waals surface area contributed by atoms with Crippen molar-refractivity contribution < 1.29 is 4.79 Å². The molecule has 0 aromatic carbocycles. The summed E-state index contributed by atoms with van der Waals surface area (Å²) in [5.41, 5.74) is 6.05. The van der Waals surface area contributed by atoms with Crippen LogP contribution in [0.4, 0.5) is 0 Å². The van der Waals surface area contributed by atoms with Gasteiger partial charge in [-0.05, 0) is 38.1 Å². The third kappa shape index (κ3) is 3.42. The van der Waals surface area contributed by atoms with E-state index in [0.717, 1.165) is 25.3 Å². The molecule has 0 bridgehead atoms. The van der Waals surface area contributed by atoms with Crippen molar-refractivity contribution in [1.82, 2.24) is 10.2 Å². The maximum atomic E-state index is 11.6. The number of likely N-dealkylation sites (N-methyl/N-ethyl adjacent to an activating group) is 2. The number of carbonyl (C=O) groups is 1. The van der Waals surface area contributed by atoms with Gasteiger partial charge in [-0.15, -0.1) is 0 Å². The van der Waals surface area contributed by atoms with Gasteiger partial charge in [0.15, 0.2) is 0 Å². The Morgan fingerprint density at radius 1 is 1.47 bits per heavy atom. The summed E-state index contributed by atoms with van der Waals surface area (Å²) in [6, 6.07) is 0. The van der Waals surface area contributed by atoms with Crippen molar-refractivity contribution in [3.05, 3.63) is 0 Å². The van der Waals surface area contributed by atoms with E-state index in [-0.39, 0.29) is 11.4 Å². The summed E-state index contributed by atoms with van der Waals surface area (Å²) in [5, 5.41) is 2.70. The predicted octanol–water partition coefficient (Wildman–Crippen LogP) is 0.962. The Morgan fingerprint density at radius 3 is 2.47 bits per heavy atom. The van der Waals surface area contributed by atoms with Crippen molar-refractivity contribution in [3.8, 4) is 0 Å². The van der Waals surface area contributed by atoms with E-state index in [0.29, 0.717) is 13.1 Å². The van der Waals surface area contributed by atoms with Crippen LogP contribution in [0, 0.1) is 5.92 Å². The lowest BCUT2D eigenvalue weighted by Gasteiger charge is -2.46. The number of amides is 1. The zero-order valence-electron chi connectivity index (χ0n) is 11.5. The highest BCUT2D eigenvalue weighted by atomic mass is 16.1. The second-order valence-electron chi connectivity index (χ2n) is 5.30. The van der Waals surface area contributed by atoms with E-state index in [2.05, 4.69) is 24.1 Å². The second-order valence-corrected chi connectivity index (χ2v) is 5.30. The summed E-state index contributed by atoms with van der Waals surface area (Å²) in [5.74, 6) is 0.881. The van der Waals surface area contributed by atoms with Crippen LogP contribution in [-0.4, -0.2) is 43.0 Å². The molecular formula is C13H27N3O. The van der Waals surface area contributed by atoms with Gasteiger partial charge in [-0.1, -0.05) is 13.8 Å². The van der Waals surface area contributed by atoms with Gasteiger partial charge >= 0.3 is 0 Å². The van der Waals surface area contributed by atoms with Crippen LogP contribution in [0.25, 0.3) is 0 Å². The lowest BCUT2D eigenvalue weighted by atomic mass is 9.76. The summed E-state index contributed by atoms with van der Waals surface area (Å²) in [4.78, 5) is 13.8. The van der Waals surface area contributed by atoms with Gasteiger partial charge < -0.3 is 11.1 Å². The van der Waals surface area contributed by atoms with Gasteiger partial charge in [-0.2, -0.15) is 0 Å². The SMILES string of the molecule is CCN(CC(=O)NC)C1(CN)CCC(C)CC1. The maximum absolute atomic E-state index is 11.6. The zero-order chi connectivity index (χ0) is 12.9. The van der Waals surface area contributed by atoms with Gasteiger partial charge in [0, 0.05) is 19.1 Å². The fraction of sp³-hybridized carbons (Fsp3) is 0.923. The molecule has 0 aromatic heterocycles. The lowest BCUT2D eigenvalue weighted by molar-refractivity contribution is -0.123. The molecule has 100 valence electrons. The first-order valence-electron chi connectivity index (χ1n) is 6.73. The Labute approximate surface area is 105 Å². The van der Waals surface area contributed by atoms with E-state index in [1.165, 1.54) is 12.8 Å². The molecule has 1 rings (SSSR count). The van der Waals surface area contributed by atoms with Crippen molar-refractivity contribution in [2.45, 2.75) is 45.1 Å². The number of rotatable bonds is 5. The monoisotopic (exact) mass is 241 g/mol. The molecule has 0 heterocycles. The van der Waals surface area contributed by atoms with Crippen LogP contribution in [0.1, 0.15) is 39.5 Å². The van der Waals surface area contributed by atoms with E-state index in [9.17, 15) is 4.79 Å². The van der Waals surface area contributed by atoms with Crippen LogP contribution in [0.2, 0.25) is 0 Å². The van der Waals surface area contributed by atoms with Crippen LogP contribution in [0.15, 0.2) is 0 Å². The first kappa shape index (κ1) is 14.5. The largest absolute Gasteiger partial charge is 0.358 e. The molecule has 1 aliphatic rings. The number of hydrogen-bond donors (Lipinski definition) is 2. The first-order chi connectivity index (χ1) is 8.07. The number of carbonyl (C=O) groups excluding carboxylic acids is 1. The van der Waals surface area contributed by atoms with E-state index in [1.807, 2.05) is 0 Å². The predicted molar refractivity (Wildman–Crippen MR) is 70.7 cm³/mol. The van der Waals surface area contributed by atoms with Gasteiger partial charge in [0.2, 0.25) is 5.91 Å². The molecule has 0 saturated heterocycles.